The van der Waals surface area contributed by atoms with Gasteiger partial charge in [0.2, 0.25) is 0 Å². The van der Waals surface area contributed by atoms with Crippen molar-refractivity contribution >= 4 is 16.7 Å². The Morgan fingerprint density at radius 1 is 1.10 bits per heavy atom. The first kappa shape index (κ1) is 19.5. The summed E-state index contributed by atoms with van der Waals surface area (Å²) in [5, 5.41) is 13.6. The Morgan fingerprint density at radius 3 is 2.61 bits per heavy atom. The van der Waals surface area contributed by atoms with Gasteiger partial charge in [0.05, 0.1) is 17.7 Å². The monoisotopic (exact) mass is 420 g/mol. The third-order valence-corrected chi connectivity index (χ3v) is 5.92. The van der Waals surface area contributed by atoms with Crippen LogP contribution in [0.15, 0.2) is 48.8 Å². The fourth-order valence-corrected chi connectivity index (χ4v) is 4.31. The molecular formula is C23H25FN6O. The van der Waals surface area contributed by atoms with Crippen LogP contribution >= 0.6 is 0 Å². The van der Waals surface area contributed by atoms with Crippen molar-refractivity contribution in [2.75, 3.05) is 12.4 Å². The number of aromatic nitrogens is 5. The molecule has 160 valence electrons. The Labute approximate surface area is 179 Å². The van der Waals surface area contributed by atoms with Crippen LogP contribution in [0, 0.1) is 5.82 Å². The summed E-state index contributed by atoms with van der Waals surface area (Å²) in [5.41, 5.74) is 2.72. The molecule has 1 saturated carbocycles. The summed E-state index contributed by atoms with van der Waals surface area (Å²) >= 11 is 0. The van der Waals surface area contributed by atoms with Crippen LogP contribution in [-0.2, 0) is 7.05 Å². The number of ether oxygens (including phenoxy) is 1. The third kappa shape index (κ3) is 3.73. The lowest BCUT2D eigenvalue weighted by Gasteiger charge is -2.29. The van der Waals surface area contributed by atoms with Crippen LogP contribution in [-0.4, -0.2) is 37.7 Å². The molecule has 0 atom stereocenters. The molecule has 5 rings (SSSR count). The van der Waals surface area contributed by atoms with Gasteiger partial charge in [-0.3, -0.25) is 9.36 Å². The van der Waals surface area contributed by atoms with E-state index in [0.717, 1.165) is 53.8 Å². The van der Waals surface area contributed by atoms with E-state index < -0.39 is 0 Å². The number of nitrogens with one attached hydrogen (secondary N) is 1. The van der Waals surface area contributed by atoms with E-state index in [9.17, 15) is 4.39 Å². The molecule has 0 bridgehead atoms. The summed E-state index contributed by atoms with van der Waals surface area (Å²) in [4.78, 5) is 4.49. The molecule has 1 aliphatic carbocycles. The number of para-hydroxylation sites is 1. The molecule has 1 aliphatic rings. The molecule has 0 radical (unpaired) electrons. The van der Waals surface area contributed by atoms with Crippen LogP contribution in [0.2, 0.25) is 0 Å². The lowest BCUT2D eigenvalue weighted by Crippen LogP contribution is -2.26. The minimum atomic E-state index is -0.310. The van der Waals surface area contributed by atoms with Crippen LogP contribution < -0.4 is 10.1 Å². The van der Waals surface area contributed by atoms with Gasteiger partial charge in [-0.05, 0) is 43.9 Å². The molecule has 31 heavy (non-hydrogen) atoms. The smallest absolute Gasteiger partial charge is 0.165 e. The summed E-state index contributed by atoms with van der Waals surface area (Å²) in [7, 11) is 3.76. The van der Waals surface area contributed by atoms with E-state index in [2.05, 4.69) is 20.1 Å². The molecule has 0 amide bonds. The van der Waals surface area contributed by atoms with Gasteiger partial charge in [0, 0.05) is 37.9 Å². The second-order valence-electron chi connectivity index (χ2n) is 7.98. The minimum Gasteiger partial charge on any atom is -0.487 e. The number of hydrogen-bond donors (Lipinski definition) is 1. The predicted molar refractivity (Wildman–Crippen MR) is 118 cm³/mol. The Kier molecular flexibility index (Phi) is 5.05. The lowest BCUT2D eigenvalue weighted by molar-refractivity contribution is 0.126. The normalized spacial score (nSPS) is 18.9. The van der Waals surface area contributed by atoms with E-state index in [1.807, 2.05) is 38.6 Å². The molecule has 0 saturated heterocycles. The maximum Gasteiger partial charge on any atom is 0.165 e. The van der Waals surface area contributed by atoms with Gasteiger partial charge in [0.25, 0.3) is 0 Å². The Morgan fingerprint density at radius 2 is 1.90 bits per heavy atom. The third-order valence-electron chi connectivity index (χ3n) is 5.92. The number of pyridine rings is 1. The Bertz CT molecular complexity index is 1210. The first-order valence-electron chi connectivity index (χ1n) is 10.6. The first-order chi connectivity index (χ1) is 15.1. The maximum absolute atomic E-state index is 13.9. The molecule has 0 spiro atoms. The van der Waals surface area contributed by atoms with E-state index >= 15 is 0 Å². The van der Waals surface area contributed by atoms with E-state index in [-0.39, 0.29) is 18.0 Å². The van der Waals surface area contributed by atoms with E-state index in [4.69, 9.17) is 9.84 Å². The molecule has 1 N–H and O–H groups in total. The minimum absolute atomic E-state index is 0.0137. The number of fused-ring (bicyclic) bond motifs is 1. The SMILES string of the molecule is CNc1cc2c(cn1)c(-c1ccn(C)n1)nn2C1CCC(Oc2ccccc2F)CC1. The van der Waals surface area contributed by atoms with Gasteiger partial charge in [0.15, 0.2) is 11.6 Å². The van der Waals surface area contributed by atoms with Gasteiger partial charge in [-0.1, -0.05) is 12.1 Å². The Balaban J connectivity index is 1.42. The highest BCUT2D eigenvalue weighted by molar-refractivity contribution is 5.93. The molecule has 8 heteroatoms. The number of hydrogen-bond acceptors (Lipinski definition) is 5. The van der Waals surface area contributed by atoms with Gasteiger partial charge in [0.1, 0.15) is 17.2 Å². The van der Waals surface area contributed by atoms with Crippen molar-refractivity contribution in [3.63, 3.8) is 0 Å². The highest BCUT2D eigenvalue weighted by atomic mass is 19.1. The molecule has 3 heterocycles. The molecule has 1 aromatic carbocycles. The van der Waals surface area contributed by atoms with E-state index in [1.165, 1.54) is 6.07 Å². The van der Waals surface area contributed by atoms with Gasteiger partial charge in [-0.15, -0.1) is 0 Å². The van der Waals surface area contributed by atoms with Gasteiger partial charge in [-0.25, -0.2) is 9.37 Å². The average Bonchev–Trinajstić information content (AvgIpc) is 3.39. The molecule has 1 fully saturated rings. The highest BCUT2D eigenvalue weighted by Crippen LogP contribution is 2.36. The van der Waals surface area contributed by atoms with Crippen molar-refractivity contribution in [3.05, 3.63) is 54.6 Å². The summed E-state index contributed by atoms with van der Waals surface area (Å²) in [5.74, 6) is 0.824. The van der Waals surface area contributed by atoms with Crippen LogP contribution in [0.1, 0.15) is 31.7 Å². The van der Waals surface area contributed by atoms with Crippen LogP contribution in [0.3, 0.4) is 0 Å². The second-order valence-corrected chi connectivity index (χ2v) is 7.98. The summed E-state index contributed by atoms with van der Waals surface area (Å²) in [6.07, 6.45) is 7.32. The zero-order chi connectivity index (χ0) is 21.4. The quantitative estimate of drug-likeness (QED) is 0.512. The summed E-state index contributed by atoms with van der Waals surface area (Å²) in [6, 6.07) is 10.8. The molecule has 7 nitrogen and oxygen atoms in total. The molecule has 0 aliphatic heterocycles. The number of rotatable bonds is 5. The molecular weight excluding hydrogens is 395 g/mol. The van der Waals surface area contributed by atoms with Crippen molar-refractivity contribution in [2.45, 2.75) is 37.8 Å². The lowest BCUT2D eigenvalue weighted by atomic mass is 9.93. The standard InChI is InChI=1S/C23H25FN6O/c1-25-22-13-20-17(14-26-22)23(19-11-12-29(2)27-19)28-30(20)15-7-9-16(10-8-15)31-21-6-4-3-5-18(21)24/h3-6,11-16H,7-10H2,1-2H3,(H,25,26). The van der Waals surface area contributed by atoms with Crippen molar-refractivity contribution in [2.24, 2.45) is 7.05 Å². The number of nitrogens with zero attached hydrogens (tertiary/aromatic N) is 5. The fourth-order valence-electron chi connectivity index (χ4n) is 4.31. The van der Waals surface area contributed by atoms with Gasteiger partial charge >= 0.3 is 0 Å². The number of benzene rings is 1. The zero-order valence-electron chi connectivity index (χ0n) is 17.6. The average molecular weight is 420 g/mol. The molecule has 3 aromatic heterocycles. The number of halogens is 1. The van der Waals surface area contributed by atoms with Crippen LogP contribution in [0.25, 0.3) is 22.3 Å². The Hall–Kier alpha value is -3.42. The molecule has 0 unspecified atom stereocenters. The van der Waals surface area contributed by atoms with E-state index in [1.54, 1.807) is 22.9 Å². The fraction of sp³-hybridized carbons (Fsp3) is 0.348. The summed E-state index contributed by atoms with van der Waals surface area (Å²) < 4.78 is 23.8. The predicted octanol–water partition coefficient (Wildman–Crippen LogP) is 4.58. The van der Waals surface area contributed by atoms with Crippen molar-refractivity contribution in [1.29, 1.82) is 0 Å². The largest absolute Gasteiger partial charge is 0.487 e. The first-order valence-corrected chi connectivity index (χ1v) is 10.6. The molecule has 4 aromatic rings. The zero-order valence-corrected chi connectivity index (χ0v) is 17.6. The second kappa shape index (κ2) is 8.02. The number of anilines is 1. The van der Waals surface area contributed by atoms with Crippen LogP contribution in [0.4, 0.5) is 10.2 Å². The van der Waals surface area contributed by atoms with Crippen molar-refractivity contribution in [3.8, 4) is 17.1 Å². The van der Waals surface area contributed by atoms with Gasteiger partial charge in [-0.2, -0.15) is 10.2 Å². The van der Waals surface area contributed by atoms with Crippen molar-refractivity contribution < 1.29 is 9.13 Å². The van der Waals surface area contributed by atoms with Gasteiger partial charge < -0.3 is 10.1 Å². The number of aryl methyl sites for hydroxylation is 1. The highest BCUT2D eigenvalue weighted by Gasteiger charge is 2.27. The van der Waals surface area contributed by atoms with E-state index in [0.29, 0.717) is 5.75 Å². The topological polar surface area (TPSA) is 69.8 Å². The van der Waals surface area contributed by atoms with Crippen LogP contribution in [0.5, 0.6) is 5.75 Å². The maximum atomic E-state index is 13.9. The van der Waals surface area contributed by atoms with Crippen molar-refractivity contribution in [1.82, 2.24) is 24.5 Å². The summed E-state index contributed by atoms with van der Waals surface area (Å²) in [6.45, 7) is 0.